The third kappa shape index (κ3) is 3.71. The first-order valence-corrected chi connectivity index (χ1v) is 16.3. The maximum atomic E-state index is 13.2. The summed E-state index contributed by atoms with van der Waals surface area (Å²) in [6, 6.07) is 1.15. The number of rotatable bonds is 2. The molecular formula is C30H40N2O2S2. The fourth-order valence-electron chi connectivity index (χ4n) is 9.05. The molecule has 5 aliphatic carbocycles. The first-order chi connectivity index (χ1) is 17.5. The van der Waals surface area contributed by atoms with Gasteiger partial charge in [-0.1, -0.05) is 37.9 Å². The van der Waals surface area contributed by atoms with Gasteiger partial charge < -0.3 is 10.0 Å². The van der Waals surface area contributed by atoms with Crippen LogP contribution in [0.15, 0.2) is 34.1 Å². The van der Waals surface area contributed by atoms with E-state index in [2.05, 4.69) is 23.6 Å². The Balaban J connectivity index is 1.12. The van der Waals surface area contributed by atoms with Crippen molar-refractivity contribution in [1.82, 2.24) is 4.90 Å². The van der Waals surface area contributed by atoms with Gasteiger partial charge in [-0.05, 0) is 80.5 Å². The van der Waals surface area contributed by atoms with Gasteiger partial charge in [0.15, 0.2) is 11.8 Å². The van der Waals surface area contributed by atoms with Gasteiger partial charge in [0.25, 0.3) is 0 Å². The van der Waals surface area contributed by atoms with Crippen LogP contribution in [-0.2, 0) is 4.79 Å². The van der Waals surface area contributed by atoms with Crippen molar-refractivity contribution >= 4 is 34.4 Å². The van der Waals surface area contributed by atoms with Crippen molar-refractivity contribution in [3.63, 3.8) is 0 Å². The lowest BCUT2D eigenvalue weighted by atomic mass is 9.68. The first-order valence-electron chi connectivity index (χ1n) is 14.6. The lowest BCUT2D eigenvalue weighted by Gasteiger charge is -2.44. The highest BCUT2D eigenvalue weighted by Gasteiger charge is 2.51. The number of nitrogens with zero attached hydrogens (tertiary/aromatic N) is 2. The van der Waals surface area contributed by atoms with E-state index < -0.39 is 0 Å². The standard InChI is InChI=1S/C30H40N2O2S2/c1-31-25(35-23-13-11-17-7-3-5-9-19(17)27(23)31)15-21-29(33)22(30(21)34)16-26-32(2)28-20-10-6-4-8-18(20)12-14-24(28)36-26/h15-20,23-24,27-28H,3-14H2,1-2H3. The highest BCUT2D eigenvalue weighted by atomic mass is 32.2. The largest absolute Gasteiger partial charge is 0.871 e. The minimum absolute atomic E-state index is 0.0428. The Morgan fingerprint density at radius 1 is 0.861 bits per heavy atom. The van der Waals surface area contributed by atoms with Crippen LogP contribution in [0, 0.1) is 23.7 Å². The van der Waals surface area contributed by atoms with Crippen molar-refractivity contribution in [3.8, 4) is 0 Å². The third-order valence-corrected chi connectivity index (χ3v) is 13.8. The van der Waals surface area contributed by atoms with Crippen molar-refractivity contribution < 1.29 is 14.5 Å². The van der Waals surface area contributed by atoms with E-state index in [1.165, 1.54) is 77.0 Å². The summed E-state index contributed by atoms with van der Waals surface area (Å²) in [5, 5.41) is 16.7. The molecule has 8 unspecified atom stereocenters. The van der Waals surface area contributed by atoms with Crippen molar-refractivity contribution in [2.75, 3.05) is 14.1 Å². The van der Waals surface area contributed by atoms with Crippen molar-refractivity contribution in [2.45, 2.75) is 99.6 Å². The van der Waals surface area contributed by atoms with Crippen LogP contribution in [0.3, 0.4) is 0 Å². The molecule has 7 aliphatic rings. The Kier molecular flexibility index (Phi) is 6.15. The Morgan fingerprint density at radius 2 is 1.53 bits per heavy atom. The molecule has 0 aromatic heterocycles. The molecule has 36 heavy (non-hydrogen) atoms. The molecule has 0 aromatic rings. The number of carbonyl (C=O) groups is 1. The van der Waals surface area contributed by atoms with E-state index >= 15 is 0 Å². The zero-order valence-corrected chi connectivity index (χ0v) is 23.4. The molecule has 0 radical (unpaired) electrons. The van der Waals surface area contributed by atoms with Crippen LogP contribution < -0.4 is 5.11 Å². The maximum Gasteiger partial charge on any atom is 0.236 e. The summed E-state index contributed by atoms with van der Waals surface area (Å²) in [7, 11) is 4.40. The summed E-state index contributed by atoms with van der Waals surface area (Å²) >= 11 is 3.85. The fourth-order valence-corrected chi connectivity index (χ4v) is 12.2. The van der Waals surface area contributed by atoms with E-state index in [-0.39, 0.29) is 11.5 Å². The number of hydrogen-bond acceptors (Lipinski definition) is 5. The molecule has 5 fully saturated rings. The second-order valence-corrected chi connectivity index (χ2v) is 15.1. The molecule has 6 heteroatoms. The SMILES string of the molecule is CN1C(=CC2=C([O-])C(=CC3=[N+](C)C4C(CCC5CCCCC54)S3)C2=O)SC2CCC3CCCCC3C21. The summed E-state index contributed by atoms with van der Waals surface area (Å²) in [6.45, 7) is 0. The first kappa shape index (κ1) is 23.9. The van der Waals surface area contributed by atoms with Crippen LogP contribution in [0.25, 0.3) is 0 Å². The monoisotopic (exact) mass is 524 g/mol. The second kappa shape index (κ2) is 9.25. The lowest BCUT2D eigenvalue weighted by Crippen LogP contribution is -2.46. The highest BCUT2D eigenvalue weighted by molar-refractivity contribution is 8.14. The molecule has 0 spiro atoms. The molecule has 2 aliphatic heterocycles. The fraction of sp³-hybridized carbons (Fsp3) is 0.733. The number of allylic oxidation sites excluding steroid dienone is 3. The normalized spacial score (nSPS) is 44.5. The van der Waals surface area contributed by atoms with E-state index in [1.54, 1.807) is 0 Å². The molecule has 7 rings (SSSR count). The number of carbonyl (C=O) groups excluding carboxylic acids is 1. The van der Waals surface area contributed by atoms with Gasteiger partial charge in [0, 0.05) is 41.5 Å². The molecule has 0 amide bonds. The Hall–Kier alpha value is -1.14. The summed E-state index contributed by atoms with van der Waals surface area (Å²) in [5.41, 5.74) is 0.816. The minimum Gasteiger partial charge on any atom is -0.871 e. The number of thioether (sulfide) groups is 2. The number of ketones is 1. The molecule has 4 saturated carbocycles. The molecule has 8 atom stereocenters. The van der Waals surface area contributed by atoms with Gasteiger partial charge in [0.1, 0.15) is 7.05 Å². The zero-order valence-electron chi connectivity index (χ0n) is 21.8. The van der Waals surface area contributed by atoms with Crippen LogP contribution in [-0.4, -0.2) is 57.0 Å². The summed E-state index contributed by atoms with van der Waals surface area (Å²) < 4.78 is 2.42. The smallest absolute Gasteiger partial charge is 0.236 e. The summed E-state index contributed by atoms with van der Waals surface area (Å²) in [5.74, 6) is 3.24. The van der Waals surface area contributed by atoms with E-state index in [0.717, 1.165) is 33.7 Å². The molecule has 2 heterocycles. The van der Waals surface area contributed by atoms with Gasteiger partial charge in [0.05, 0.1) is 10.3 Å². The molecule has 0 aromatic carbocycles. The highest BCUT2D eigenvalue weighted by Crippen LogP contribution is 2.53. The lowest BCUT2D eigenvalue weighted by molar-refractivity contribution is -0.545. The van der Waals surface area contributed by atoms with Crippen LogP contribution in [0.5, 0.6) is 0 Å². The van der Waals surface area contributed by atoms with Crippen LogP contribution >= 0.6 is 23.5 Å². The van der Waals surface area contributed by atoms with Gasteiger partial charge >= 0.3 is 0 Å². The maximum absolute atomic E-state index is 13.2. The van der Waals surface area contributed by atoms with Crippen molar-refractivity contribution in [1.29, 1.82) is 0 Å². The van der Waals surface area contributed by atoms with E-state index in [4.69, 9.17) is 0 Å². The minimum atomic E-state index is -0.0428. The Labute approximate surface area is 224 Å². The van der Waals surface area contributed by atoms with E-state index in [1.807, 2.05) is 35.7 Å². The van der Waals surface area contributed by atoms with Crippen molar-refractivity contribution in [3.05, 3.63) is 34.1 Å². The second-order valence-electron chi connectivity index (χ2n) is 12.5. The Bertz CT molecular complexity index is 1090. The third-order valence-electron chi connectivity index (χ3n) is 10.9. The molecule has 0 N–H and O–H groups in total. The van der Waals surface area contributed by atoms with Gasteiger partial charge in [-0.15, -0.1) is 11.8 Å². The number of hydrogen-bond donors (Lipinski definition) is 0. The van der Waals surface area contributed by atoms with Gasteiger partial charge in [0.2, 0.25) is 5.04 Å². The quantitative estimate of drug-likeness (QED) is 0.372. The van der Waals surface area contributed by atoms with E-state index in [9.17, 15) is 9.90 Å². The molecular weight excluding hydrogens is 484 g/mol. The van der Waals surface area contributed by atoms with Crippen molar-refractivity contribution in [2.24, 2.45) is 23.7 Å². The predicted octanol–water partition coefficient (Wildman–Crippen LogP) is 5.09. The van der Waals surface area contributed by atoms with Gasteiger partial charge in [-0.3, -0.25) is 4.79 Å². The van der Waals surface area contributed by atoms with Gasteiger partial charge in [-0.25, -0.2) is 4.58 Å². The average Bonchev–Trinajstić information content (AvgIpc) is 3.41. The summed E-state index contributed by atoms with van der Waals surface area (Å²) in [6.07, 6.45) is 20.1. The predicted molar refractivity (Wildman–Crippen MR) is 147 cm³/mol. The van der Waals surface area contributed by atoms with Gasteiger partial charge in [-0.2, -0.15) is 0 Å². The summed E-state index contributed by atoms with van der Waals surface area (Å²) in [4.78, 5) is 15.6. The van der Waals surface area contributed by atoms with Crippen LogP contribution in [0.4, 0.5) is 0 Å². The van der Waals surface area contributed by atoms with Crippen LogP contribution in [0.2, 0.25) is 0 Å². The Morgan fingerprint density at radius 3 is 2.28 bits per heavy atom. The number of fused-ring (bicyclic) bond motifs is 6. The molecule has 194 valence electrons. The van der Waals surface area contributed by atoms with Crippen LogP contribution in [0.1, 0.15) is 77.0 Å². The number of Topliss-reactive ketones (excluding diaryl/α,β-unsaturated/α-hetero) is 1. The zero-order chi connectivity index (χ0) is 24.6. The average molecular weight is 525 g/mol. The van der Waals surface area contributed by atoms with E-state index in [0.29, 0.717) is 33.7 Å². The molecule has 0 bridgehead atoms. The molecule has 4 nitrogen and oxygen atoms in total. The molecule has 1 saturated heterocycles. The topological polar surface area (TPSA) is 46.4 Å².